The van der Waals surface area contributed by atoms with E-state index >= 15 is 0 Å². The number of aliphatic hydroxyl groups excluding tert-OH is 2. The van der Waals surface area contributed by atoms with Gasteiger partial charge in [0.15, 0.2) is 0 Å². The fraction of sp³-hybridized carbons (Fsp3) is 0.667. The molecular formula is C27H40O6. The van der Waals surface area contributed by atoms with Crippen molar-refractivity contribution in [2.45, 2.75) is 76.6 Å². The van der Waals surface area contributed by atoms with Crippen molar-refractivity contribution in [2.75, 3.05) is 13.2 Å². The SMILES string of the molecule is CCCC(CCCC1CC[C@@H]2[C@@H](C=C[C@@H](O)COc3ccccc3)[C@H](O)C[C@@H]2OC1)C(=O)O. The van der Waals surface area contributed by atoms with Crippen molar-refractivity contribution in [2.24, 2.45) is 23.7 Å². The van der Waals surface area contributed by atoms with Crippen molar-refractivity contribution in [3.63, 3.8) is 0 Å². The van der Waals surface area contributed by atoms with Crippen molar-refractivity contribution in [3.8, 4) is 5.75 Å². The van der Waals surface area contributed by atoms with Gasteiger partial charge in [-0.2, -0.15) is 0 Å². The van der Waals surface area contributed by atoms with Crippen LogP contribution in [0.1, 0.15) is 58.3 Å². The van der Waals surface area contributed by atoms with Gasteiger partial charge >= 0.3 is 5.97 Å². The van der Waals surface area contributed by atoms with E-state index in [0.717, 1.165) is 50.7 Å². The molecule has 1 aromatic rings. The third kappa shape index (κ3) is 7.83. The summed E-state index contributed by atoms with van der Waals surface area (Å²) in [6.45, 7) is 2.89. The van der Waals surface area contributed by atoms with Crippen molar-refractivity contribution < 1.29 is 29.6 Å². The van der Waals surface area contributed by atoms with Crippen molar-refractivity contribution in [3.05, 3.63) is 42.5 Å². The first-order valence-corrected chi connectivity index (χ1v) is 12.5. The summed E-state index contributed by atoms with van der Waals surface area (Å²) in [7, 11) is 0. The summed E-state index contributed by atoms with van der Waals surface area (Å²) >= 11 is 0. The van der Waals surface area contributed by atoms with Gasteiger partial charge < -0.3 is 24.8 Å². The van der Waals surface area contributed by atoms with Crippen LogP contribution >= 0.6 is 0 Å². The number of fused-ring (bicyclic) bond motifs is 1. The molecule has 3 N–H and O–H groups in total. The quantitative estimate of drug-likeness (QED) is 0.399. The number of para-hydroxylation sites is 1. The minimum Gasteiger partial charge on any atom is -0.491 e. The third-order valence-electron chi connectivity index (χ3n) is 7.22. The zero-order valence-corrected chi connectivity index (χ0v) is 19.7. The van der Waals surface area contributed by atoms with E-state index in [1.54, 1.807) is 6.08 Å². The lowest BCUT2D eigenvalue weighted by Crippen LogP contribution is -2.22. The molecule has 3 rings (SSSR count). The van der Waals surface area contributed by atoms with Gasteiger partial charge in [0, 0.05) is 18.9 Å². The molecule has 1 aliphatic carbocycles. The van der Waals surface area contributed by atoms with Gasteiger partial charge in [0.1, 0.15) is 18.5 Å². The molecular weight excluding hydrogens is 420 g/mol. The lowest BCUT2D eigenvalue weighted by Gasteiger charge is -2.21. The molecule has 0 spiro atoms. The Labute approximate surface area is 197 Å². The molecule has 1 saturated carbocycles. The highest BCUT2D eigenvalue weighted by Gasteiger charge is 2.43. The van der Waals surface area contributed by atoms with Crippen LogP contribution < -0.4 is 4.74 Å². The fourth-order valence-electron chi connectivity index (χ4n) is 5.35. The summed E-state index contributed by atoms with van der Waals surface area (Å²) in [4.78, 5) is 11.4. The summed E-state index contributed by atoms with van der Waals surface area (Å²) in [5, 5.41) is 30.3. The van der Waals surface area contributed by atoms with Gasteiger partial charge in [0.2, 0.25) is 0 Å². The minimum atomic E-state index is -0.735. The predicted octanol–water partition coefficient (Wildman–Crippen LogP) is 4.45. The lowest BCUT2D eigenvalue weighted by molar-refractivity contribution is -0.142. The van der Waals surface area contributed by atoms with Gasteiger partial charge in [0.05, 0.1) is 18.1 Å². The Morgan fingerprint density at radius 2 is 2.03 bits per heavy atom. The van der Waals surface area contributed by atoms with Crippen LogP contribution in [0.25, 0.3) is 0 Å². The molecule has 184 valence electrons. The lowest BCUT2D eigenvalue weighted by atomic mass is 9.85. The highest BCUT2D eigenvalue weighted by atomic mass is 16.5. The first-order chi connectivity index (χ1) is 16.0. The third-order valence-corrected chi connectivity index (χ3v) is 7.22. The number of aliphatic carboxylic acids is 1. The normalized spacial score (nSPS) is 29.4. The Bertz CT molecular complexity index is 735. The molecule has 1 saturated heterocycles. The molecule has 2 unspecified atom stereocenters. The van der Waals surface area contributed by atoms with Crippen LogP contribution in [0.5, 0.6) is 5.75 Å². The molecule has 1 aliphatic heterocycles. The molecule has 1 aromatic carbocycles. The summed E-state index contributed by atoms with van der Waals surface area (Å²) < 4.78 is 11.8. The van der Waals surface area contributed by atoms with E-state index in [9.17, 15) is 20.1 Å². The van der Waals surface area contributed by atoms with E-state index in [1.807, 2.05) is 43.3 Å². The van der Waals surface area contributed by atoms with Crippen LogP contribution in [-0.4, -0.2) is 52.8 Å². The standard InChI is InChI=1S/C27H40O6/c1-2-7-20(27(30)31)9-6-8-19-12-14-24-23(25(29)16-26(24)33-17-19)15-13-21(28)18-32-22-10-4-3-5-11-22/h3-5,10-11,13,15,19-21,23-26,28-29H,2,6-9,12,14,16-18H2,1H3,(H,30,31)/t19?,20?,21-,23-,24-,25-,26+/m1/s1. The number of hydrogen-bond donors (Lipinski definition) is 3. The number of carboxylic acids is 1. The van der Waals surface area contributed by atoms with E-state index in [2.05, 4.69) is 0 Å². The molecule has 2 fully saturated rings. The smallest absolute Gasteiger partial charge is 0.306 e. The predicted molar refractivity (Wildman–Crippen MR) is 127 cm³/mol. The van der Waals surface area contributed by atoms with Crippen LogP contribution in [0.2, 0.25) is 0 Å². The number of carboxylic acid groups (broad SMARTS) is 1. The molecule has 2 aliphatic rings. The van der Waals surface area contributed by atoms with Gasteiger partial charge in [-0.3, -0.25) is 4.79 Å². The Kier molecular flexibility index (Phi) is 10.2. The zero-order valence-electron chi connectivity index (χ0n) is 19.7. The average molecular weight is 461 g/mol. The second kappa shape index (κ2) is 13.1. The van der Waals surface area contributed by atoms with Gasteiger partial charge in [-0.25, -0.2) is 0 Å². The summed E-state index contributed by atoms with van der Waals surface area (Å²) in [6.07, 6.45) is 9.46. The minimum absolute atomic E-state index is 0.0268. The number of ether oxygens (including phenoxy) is 2. The Balaban J connectivity index is 1.45. The Morgan fingerprint density at radius 3 is 2.76 bits per heavy atom. The zero-order chi connectivity index (χ0) is 23.6. The molecule has 7 atom stereocenters. The molecule has 6 heteroatoms. The Hall–Kier alpha value is -1.89. The molecule has 33 heavy (non-hydrogen) atoms. The number of aliphatic hydroxyl groups is 2. The molecule has 6 nitrogen and oxygen atoms in total. The number of benzene rings is 1. The molecule has 1 heterocycles. The first kappa shape index (κ1) is 25.7. The maximum atomic E-state index is 11.4. The van der Waals surface area contributed by atoms with E-state index in [1.165, 1.54) is 0 Å². The van der Waals surface area contributed by atoms with Crippen molar-refractivity contribution >= 4 is 5.97 Å². The van der Waals surface area contributed by atoms with E-state index in [4.69, 9.17) is 9.47 Å². The molecule has 0 aromatic heterocycles. The van der Waals surface area contributed by atoms with E-state index in [-0.39, 0.29) is 30.5 Å². The van der Waals surface area contributed by atoms with Crippen LogP contribution in [0, 0.1) is 23.7 Å². The number of carbonyl (C=O) groups is 1. The van der Waals surface area contributed by atoms with Gasteiger partial charge in [0.25, 0.3) is 0 Å². The van der Waals surface area contributed by atoms with E-state index in [0.29, 0.717) is 18.9 Å². The Morgan fingerprint density at radius 1 is 1.24 bits per heavy atom. The summed E-state index contributed by atoms with van der Waals surface area (Å²) in [5.41, 5.74) is 0. The maximum Gasteiger partial charge on any atom is 0.306 e. The molecule has 0 bridgehead atoms. The van der Waals surface area contributed by atoms with Gasteiger partial charge in [-0.15, -0.1) is 0 Å². The van der Waals surface area contributed by atoms with Crippen molar-refractivity contribution in [1.82, 2.24) is 0 Å². The fourth-order valence-corrected chi connectivity index (χ4v) is 5.35. The number of hydrogen-bond acceptors (Lipinski definition) is 5. The summed E-state index contributed by atoms with van der Waals surface area (Å²) in [5.74, 6) is 0.472. The van der Waals surface area contributed by atoms with E-state index < -0.39 is 18.2 Å². The molecule has 0 radical (unpaired) electrons. The summed E-state index contributed by atoms with van der Waals surface area (Å²) in [6, 6.07) is 9.40. The van der Waals surface area contributed by atoms with Crippen LogP contribution in [-0.2, 0) is 9.53 Å². The van der Waals surface area contributed by atoms with Crippen molar-refractivity contribution in [1.29, 1.82) is 0 Å². The van der Waals surface area contributed by atoms with Crippen LogP contribution in [0.15, 0.2) is 42.5 Å². The monoisotopic (exact) mass is 460 g/mol. The topological polar surface area (TPSA) is 96.2 Å². The highest BCUT2D eigenvalue weighted by Crippen LogP contribution is 2.42. The highest BCUT2D eigenvalue weighted by molar-refractivity contribution is 5.69. The second-order valence-electron chi connectivity index (χ2n) is 9.69. The van der Waals surface area contributed by atoms with Crippen LogP contribution in [0.4, 0.5) is 0 Å². The second-order valence-corrected chi connectivity index (χ2v) is 9.69. The number of rotatable bonds is 12. The van der Waals surface area contributed by atoms with Gasteiger partial charge in [-0.05, 0) is 56.1 Å². The molecule has 0 amide bonds. The average Bonchev–Trinajstić information content (AvgIpc) is 2.97. The van der Waals surface area contributed by atoms with Crippen LogP contribution in [0.3, 0.4) is 0 Å². The van der Waals surface area contributed by atoms with Gasteiger partial charge in [-0.1, -0.05) is 50.1 Å². The largest absolute Gasteiger partial charge is 0.491 e. The maximum absolute atomic E-state index is 11.4. The first-order valence-electron chi connectivity index (χ1n) is 12.5.